The smallest absolute Gasteiger partial charge is 0.218 e. The molecule has 1 unspecified atom stereocenters. The third kappa shape index (κ3) is 7.75. The van der Waals surface area contributed by atoms with E-state index in [-0.39, 0.29) is 24.7 Å². The number of rotatable bonds is 15. The van der Waals surface area contributed by atoms with Crippen LogP contribution in [-0.4, -0.2) is 60.5 Å². The van der Waals surface area contributed by atoms with Crippen LogP contribution in [0.4, 0.5) is 11.4 Å². The Kier molecular flexibility index (Phi) is 11.3. The Hall–Kier alpha value is -4.57. The van der Waals surface area contributed by atoms with Crippen molar-refractivity contribution in [2.45, 2.75) is 69.5 Å². The second-order valence-electron chi connectivity index (χ2n) is 13.9. The molecular weight excluding hydrogens is 641 g/mol. The molecule has 2 heterocycles. The fourth-order valence-corrected chi connectivity index (χ4v) is 12.0. The average molecular weight is 689 g/mol. The molecule has 1 amide bonds. The number of aromatic nitrogens is 3. The number of hydrogen-bond donors (Lipinski definition) is 1. The van der Waals surface area contributed by atoms with E-state index in [1.54, 1.807) is 12.0 Å². The molecular formula is C41H48N4O4Si. The lowest BCUT2D eigenvalue weighted by molar-refractivity contribution is -0.106. The summed E-state index contributed by atoms with van der Waals surface area (Å²) in [5.74, 6) is 1.01. The minimum absolute atomic E-state index is 0.0281. The van der Waals surface area contributed by atoms with Crippen LogP contribution in [-0.2, 0) is 22.5 Å². The summed E-state index contributed by atoms with van der Waals surface area (Å²) in [7, 11) is -0.324. The van der Waals surface area contributed by atoms with Crippen molar-refractivity contribution < 1.29 is 19.4 Å². The largest absolute Gasteiger partial charge is 0.497 e. The summed E-state index contributed by atoms with van der Waals surface area (Å²) in [6.07, 6.45) is 5.55. The Morgan fingerprint density at radius 3 is 2.30 bits per heavy atom. The van der Waals surface area contributed by atoms with Gasteiger partial charge in [-0.3, -0.25) is 14.4 Å². The van der Waals surface area contributed by atoms with Crippen molar-refractivity contribution in [3.05, 3.63) is 132 Å². The van der Waals surface area contributed by atoms with Crippen molar-refractivity contribution in [1.82, 2.24) is 15.0 Å². The number of amides is 1. The van der Waals surface area contributed by atoms with Crippen LogP contribution < -0.4 is 14.8 Å². The number of aryl methyl sites for hydroxylation is 2. The van der Waals surface area contributed by atoms with Crippen LogP contribution in [0.5, 0.6) is 5.75 Å². The molecule has 0 saturated carbocycles. The lowest BCUT2D eigenvalue weighted by atomic mass is 9.95. The van der Waals surface area contributed by atoms with Gasteiger partial charge in [-0.05, 0) is 78.2 Å². The van der Waals surface area contributed by atoms with Gasteiger partial charge in [0.2, 0.25) is 6.41 Å². The summed E-state index contributed by atoms with van der Waals surface area (Å²) in [5.41, 5.74) is 5.05. The van der Waals surface area contributed by atoms with E-state index in [9.17, 15) is 9.90 Å². The van der Waals surface area contributed by atoms with Gasteiger partial charge < -0.3 is 14.6 Å². The summed E-state index contributed by atoms with van der Waals surface area (Å²) < 4.78 is 14.4. The van der Waals surface area contributed by atoms with Crippen molar-refractivity contribution in [2.24, 2.45) is 5.92 Å². The first kappa shape index (κ1) is 35.3. The first-order chi connectivity index (χ1) is 24.3. The van der Waals surface area contributed by atoms with E-state index in [0.717, 1.165) is 54.1 Å². The van der Waals surface area contributed by atoms with Gasteiger partial charge in [-0.25, -0.2) is 0 Å². The van der Waals surface area contributed by atoms with Crippen LogP contribution in [0.15, 0.2) is 115 Å². The van der Waals surface area contributed by atoms with Crippen molar-refractivity contribution in [3.63, 3.8) is 0 Å². The maximum absolute atomic E-state index is 12.1. The number of carbonyl (C=O) groups is 1. The Balaban J connectivity index is 1.20. The van der Waals surface area contributed by atoms with Gasteiger partial charge in [-0.2, -0.15) is 0 Å². The van der Waals surface area contributed by atoms with Gasteiger partial charge in [0.25, 0.3) is 0 Å². The topological polar surface area (TPSA) is 89.7 Å². The molecule has 1 aliphatic rings. The number of aliphatic hydroxyl groups is 1. The number of carbonyl (C=O) groups excluding carboxylic acids is 1. The summed E-state index contributed by atoms with van der Waals surface area (Å²) in [5, 5.41) is 20.5. The van der Waals surface area contributed by atoms with Gasteiger partial charge in [0.1, 0.15) is 5.75 Å². The summed E-state index contributed by atoms with van der Waals surface area (Å²) in [6, 6.07) is 36.6. The maximum atomic E-state index is 12.1. The molecule has 0 spiro atoms. The molecule has 1 aliphatic heterocycles. The monoisotopic (exact) mass is 688 g/mol. The van der Waals surface area contributed by atoms with Crippen LogP contribution in [0.3, 0.4) is 0 Å². The van der Waals surface area contributed by atoms with E-state index >= 15 is 0 Å². The SMILES string of the molecule is COc1ccc([Si](C)(C)[C@H]2[C@H](C)[C@H](CCc3cccc(N(C=O)c4ccccc4)c3)O[C@@H]2CCn2cc(C(CO)c3ccccc3)nn2)cc1. The predicted molar refractivity (Wildman–Crippen MR) is 201 cm³/mol. The quantitative estimate of drug-likeness (QED) is 0.0931. The van der Waals surface area contributed by atoms with E-state index in [4.69, 9.17) is 9.47 Å². The molecule has 8 nitrogen and oxygen atoms in total. The van der Waals surface area contributed by atoms with Gasteiger partial charge in [-0.15, -0.1) is 5.10 Å². The van der Waals surface area contributed by atoms with Gasteiger partial charge in [0, 0.05) is 24.1 Å². The second kappa shape index (κ2) is 16.0. The normalized spacial score (nSPS) is 19.6. The van der Waals surface area contributed by atoms with E-state index in [2.05, 4.69) is 66.7 Å². The molecule has 0 radical (unpaired) electrons. The van der Waals surface area contributed by atoms with E-state index in [0.29, 0.717) is 18.0 Å². The van der Waals surface area contributed by atoms with Crippen molar-refractivity contribution in [3.8, 4) is 5.75 Å². The highest BCUT2D eigenvalue weighted by molar-refractivity contribution is 6.91. The molecule has 260 valence electrons. The zero-order chi connectivity index (χ0) is 35.1. The molecule has 9 heteroatoms. The highest BCUT2D eigenvalue weighted by atomic mass is 28.3. The van der Waals surface area contributed by atoms with E-state index in [1.807, 2.05) is 83.7 Å². The van der Waals surface area contributed by atoms with E-state index in [1.165, 1.54) is 10.8 Å². The zero-order valence-electron chi connectivity index (χ0n) is 29.4. The summed E-state index contributed by atoms with van der Waals surface area (Å²) in [6.45, 7) is 7.95. The average Bonchev–Trinajstić information content (AvgIpc) is 3.75. The third-order valence-electron chi connectivity index (χ3n) is 10.6. The Morgan fingerprint density at radius 2 is 1.62 bits per heavy atom. The van der Waals surface area contributed by atoms with Crippen LogP contribution in [0.2, 0.25) is 18.6 Å². The fourth-order valence-electron chi connectivity index (χ4n) is 7.84. The molecule has 0 bridgehead atoms. The standard InChI is InChI=1S/C41H48N4O4Si/c1-30-39(23-18-31-12-11-17-34(26-31)45(29-47)33-15-9-6-10-16-33)49-40(41(30)50(3,4)36-21-19-35(48-2)20-22-36)24-25-44-27-38(42-43-44)37(28-46)32-13-7-5-8-14-32/h5-17,19-22,26-27,29-30,37,39-41,46H,18,23-25,28H2,1-4H3/t30-,37?,39+,40-,41+/m1/s1. The minimum Gasteiger partial charge on any atom is -0.497 e. The van der Waals surface area contributed by atoms with Gasteiger partial charge in [0.15, 0.2) is 0 Å². The first-order valence-electron chi connectivity index (χ1n) is 17.6. The van der Waals surface area contributed by atoms with Gasteiger partial charge >= 0.3 is 0 Å². The van der Waals surface area contributed by atoms with Crippen LogP contribution in [0.1, 0.15) is 42.5 Å². The number of anilines is 2. The number of aliphatic hydroxyl groups excluding tert-OH is 1. The molecule has 1 fully saturated rings. The number of hydrogen-bond acceptors (Lipinski definition) is 6. The Morgan fingerprint density at radius 1 is 0.920 bits per heavy atom. The third-order valence-corrected chi connectivity index (χ3v) is 14.9. The molecule has 1 N–H and O–H groups in total. The highest BCUT2D eigenvalue weighted by Crippen LogP contribution is 2.46. The van der Waals surface area contributed by atoms with Gasteiger partial charge in [0.05, 0.1) is 45.6 Å². The number of benzene rings is 4. The highest BCUT2D eigenvalue weighted by Gasteiger charge is 2.50. The van der Waals surface area contributed by atoms with Crippen molar-refractivity contribution in [1.29, 1.82) is 0 Å². The molecule has 6 rings (SSSR count). The van der Waals surface area contributed by atoms with Crippen LogP contribution in [0.25, 0.3) is 0 Å². The molecule has 1 aromatic heterocycles. The lowest BCUT2D eigenvalue weighted by Gasteiger charge is -2.36. The van der Waals surface area contributed by atoms with Crippen molar-refractivity contribution >= 4 is 31.0 Å². The number of methoxy groups -OCH3 is 1. The second-order valence-corrected chi connectivity index (χ2v) is 18.6. The summed E-state index contributed by atoms with van der Waals surface area (Å²) in [4.78, 5) is 13.8. The predicted octanol–water partition coefficient (Wildman–Crippen LogP) is 7.12. The number of ether oxygens (including phenoxy) is 2. The lowest BCUT2D eigenvalue weighted by Crippen LogP contribution is -2.50. The summed E-state index contributed by atoms with van der Waals surface area (Å²) >= 11 is 0. The molecule has 5 atom stereocenters. The molecule has 5 aromatic rings. The van der Waals surface area contributed by atoms with Gasteiger partial charge in [-0.1, -0.05) is 103 Å². The molecule has 1 saturated heterocycles. The Bertz CT molecular complexity index is 1820. The first-order valence-corrected chi connectivity index (χ1v) is 20.6. The fraction of sp³-hybridized carbons (Fsp3) is 0.341. The van der Waals surface area contributed by atoms with Crippen LogP contribution in [0, 0.1) is 5.92 Å². The minimum atomic E-state index is -2.03. The van der Waals surface area contributed by atoms with Crippen molar-refractivity contribution in [2.75, 3.05) is 18.6 Å². The molecule has 0 aliphatic carbocycles. The number of nitrogens with zero attached hydrogens (tertiary/aromatic N) is 4. The van der Waals surface area contributed by atoms with Crippen LogP contribution >= 0.6 is 0 Å². The zero-order valence-corrected chi connectivity index (χ0v) is 30.4. The van der Waals surface area contributed by atoms with E-state index < -0.39 is 8.07 Å². The molecule has 4 aromatic carbocycles. The number of para-hydroxylation sites is 1. The Labute approximate surface area is 296 Å². The molecule has 50 heavy (non-hydrogen) atoms. The maximum Gasteiger partial charge on any atom is 0.218 e.